The van der Waals surface area contributed by atoms with E-state index in [0.29, 0.717) is 9.75 Å². The molecular weight excluding hydrogens is 337 g/mol. The van der Waals surface area contributed by atoms with Gasteiger partial charge >= 0.3 is 12.1 Å². The van der Waals surface area contributed by atoms with E-state index in [1.165, 1.54) is 13.0 Å². The third kappa shape index (κ3) is 4.77. The molecule has 2 aromatic rings. The predicted octanol–water partition coefficient (Wildman–Crippen LogP) is 1.57. The first-order valence-electron chi connectivity index (χ1n) is 6.27. The number of nitrogens with one attached hydrogen (secondary N) is 2. The molecule has 11 heteroatoms. The zero-order valence-corrected chi connectivity index (χ0v) is 12.5. The number of thiophene rings is 1. The van der Waals surface area contributed by atoms with Crippen molar-refractivity contribution < 1.29 is 27.3 Å². The number of halogens is 3. The van der Waals surface area contributed by atoms with E-state index in [4.69, 9.17) is 0 Å². The first-order chi connectivity index (χ1) is 10.8. The highest BCUT2D eigenvalue weighted by molar-refractivity contribution is 7.15. The Kier molecular flexibility index (Phi) is 4.98. The van der Waals surface area contributed by atoms with Crippen LogP contribution in [-0.2, 0) is 22.3 Å². The lowest BCUT2D eigenvalue weighted by Crippen LogP contribution is -2.35. The molecule has 2 aromatic heterocycles. The van der Waals surface area contributed by atoms with Gasteiger partial charge in [0, 0.05) is 11.8 Å². The Morgan fingerprint density at radius 2 is 2.04 bits per heavy atom. The Labute approximate surface area is 131 Å². The van der Waals surface area contributed by atoms with E-state index >= 15 is 0 Å². The molecule has 0 unspecified atom stereocenters. The van der Waals surface area contributed by atoms with Crippen molar-refractivity contribution in [3.05, 3.63) is 22.9 Å². The van der Waals surface area contributed by atoms with Gasteiger partial charge in [0.1, 0.15) is 0 Å². The smallest absolute Gasteiger partial charge is 0.350 e. The fourth-order valence-electron chi connectivity index (χ4n) is 1.48. The monoisotopic (exact) mass is 348 g/mol. The van der Waals surface area contributed by atoms with Crippen molar-refractivity contribution in [1.82, 2.24) is 20.8 Å². The molecule has 0 aliphatic heterocycles. The molecule has 0 aliphatic rings. The average molecular weight is 348 g/mol. The summed E-state index contributed by atoms with van der Waals surface area (Å²) in [6.45, 7) is 1.32. The summed E-state index contributed by atoms with van der Waals surface area (Å²) in [5.74, 6) is -2.28. The summed E-state index contributed by atoms with van der Waals surface area (Å²) in [6.07, 6.45) is -4.69. The minimum Gasteiger partial charge on any atom is -0.350 e. The predicted molar refractivity (Wildman–Crippen MR) is 73.1 cm³/mol. The molecule has 23 heavy (non-hydrogen) atoms. The van der Waals surface area contributed by atoms with Crippen LogP contribution in [0.3, 0.4) is 0 Å². The van der Waals surface area contributed by atoms with Crippen LogP contribution in [0.15, 0.2) is 16.7 Å². The Balaban J connectivity index is 1.94. The van der Waals surface area contributed by atoms with Crippen LogP contribution in [0.1, 0.15) is 17.7 Å². The summed E-state index contributed by atoms with van der Waals surface area (Å²) >= 11 is 1.12. The lowest BCUT2D eigenvalue weighted by Gasteiger charge is -2.03. The molecule has 2 amide bonds. The molecule has 0 saturated carbocycles. The maximum absolute atomic E-state index is 12.4. The molecule has 0 spiro atoms. The summed E-state index contributed by atoms with van der Waals surface area (Å²) in [4.78, 5) is 26.4. The molecule has 124 valence electrons. The third-order valence-corrected chi connectivity index (χ3v) is 3.59. The summed E-state index contributed by atoms with van der Waals surface area (Å²) in [5.41, 5.74) is 0. The molecule has 0 aromatic carbocycles. The van der Waals surface area contributed by atoms with Crippen LogP contribution in [0, 0.1) is 0 Å². The van der Waals surface area contributed by atoms with Gasteiger partial charge in [-0.2, -0.15) is 18.2 Å². The molecule has 0 saturated heterocycles. The zero-order valence-electron chi connectivity index (χ0n) is 11.7. The molecule has 0 fully saturated rings. The number of amides is 2. The summed E-state index contributed by atoms with van der Waals surface area (Å²) in [6, 6.07) is 3.16. The zero-order chi connectivity index (χ0) is 17.0. The van der Waals surface area contributed by atoms with Crippen LogP contribution in [-0.4, -0.2) is 28.5 Å². The molecule has 7 nitrogen and oxygen atoms in total. The van der Waals surface area contributed by atoms with Crippen molar-refractivity contribution in [2.24, 2.45) is 0 Å². The van der Waals surface area contributed by atoms with Gasteiger partial charge in [-0.25, -0.2) is 0 Å². The van der Waals surface area contributed by atoms with Crippen molar-refractivity contribution in [3.8, 4) is 10.7 Å². The summed E-state index contributed by atoms with van der Waals surface area (Å²) < 4.78 is 41.3. The first kappa shape index (κ1) is 16.9. The number of nitrogens with zero attached hydrogens (tertiary/aromatic N) is 2. The summed E-state index contributed by atoms with van der Waals surface area (Å²) in [7, 11) is 0. The molecule has 2 heterocycles. The second kappa shape index (κ2) is 6.77. The normalized spacial score (nSPS) is 11.3. The minimum absolute atomic E-state index is 0.145. The van der Waals surface area contributed by atoms with Crippen molar-refractivity contribution in [1.29, 1.82) is 0 Å². The quantitative estimate of drug-likeness (QED) is 0.855. The van der Waals surface area contributed by atoms with E-state index in [1.54, 1.807) is 6.07 Å². The van der Waals surface area contributed by atoms with Crippen molar-refractivity contribution in [2.45, 2.75) is 19.6 Å². The Morgan fingerprint density at radius 3 is 2.65 bits per heavy atom. The molecular formula is C12H11F3N4O3S. The van der Waals surface area contributed by atoms with Gasteiger partial charge in [-0.15, -0.1) is 11.3 Å². The van der Waals surface area contributed by atoms with Gasteiger partial charge in [0.25, 0.3) is 0 Å². The average Bonchev–Trinajstić information content (AvgIpc) is 3.10. The Hall–Kier alpha value is -2.43. The van der Waals surface area contributed by atoms with Crippen molar-refractivity contribution in [2.75, 3.05) is 6.54 Å². The number of carbonyl (C=O) groups is 2. The minimum atomic E-state index is -4.69. The van der Waals surface area contributed by atoms with Gasteiger partial charge < -0.3 is 15.2 Å². The Bertz CT molecular complexity index is 710. The molecule has 0 atom stereocenters. The maximum Gasteiger partial charge on any atom is 0.471 e. The molecule has 2 N–H and O–H groups in total. The number of hydrogen-bond acceptors (Lipinski definition) is 6. The van der Waals surface area contributed by atoms with Crippen LogP contribution in [0.4, 0.5) is 13.2 Å². The van der Waals surface area contributed by atoms with Gasteiger partial charge in [-0.05, 0) is 12.1 Å². The van der Waals surface area contributed by atoms with Gasteiger partial charge in [0.2, 0.25) is 17.6 Å². The molecule has 0 aliphatic carbocycles. The van der Waals surface area contributed by atoms with Crippen LogP contribution in [0.5, 0.6) is 0 Å². The molecule has 0 bridgehead atoms. The van der Waals surface area contributed by atoms with E-state index in [0.717, 1.165) is 11.3 Å². The number of hydrogen-bond donors (Lipinski definition) is 2. The standard InChI is InChI=1S/C12H11F3N4O3S/c1-6(20)16-5-9(21)17-4-7-2-3-8(23-7)10-18-11(22-19-10)12(13,14)15/h2-3H,4-5H2,1H3,(H,16,20)(H,17,21). The maximum atomic E-state index is 12.4. The number of carbonyl (C=O) groups excluding carboxylic acids is 2. The van der Waals surface area contributed by atoms with Crippen LogP contribution < -0.4 is 10.6 Å². The third-order valence-electron chi connectivity index (χ3n) is 2.51. The van der Waals surface area contributed by atoms with E-state index in [9.17, 15) is 22.8 Å². The van der Waals surface area contributed by atoms with Crippen LogP contribution >= 0.6 is 11.3 Å². The van der Waals surface area contributed by atoms with Gasteiger partial charge in [0.05, 0.1) is 18.0 Å². The topological polar surface area (TPSA) is 97.1 Å². The van der Waals surface area contributed by atoms with E-state index in [-0.39, 0.29) is 30.7 Å². The van der Waals surface area contributed by atoms with Gasteiger partial charge in [-0.3, -0.25) is 9.59 Å². The number of rotatable bonds is 5. The van der Waals surface area contributed by atoms with Crippen molar-refractivity contribution in [3.63, 3.8) is 0 Å². The highest BCUT2D eigenvalue weighted by Gasteiger charge is 2.38. The van der Waals surface area contributed by atoms with E-state index < -0.39 is 12.1 Å². The summed E-state index contributed by atoms with van der Waals surface area (Å²) in [5, 5.41) is 8.18. The first-order valence-corrected chi connectivity index (χ1v) is 7.08. The lowest BCUT2D eigenvalue weighted by molar-refractivity contribution is -0.159. The number of alkyl halides is 3. The SMILES string of the molecule is CC(=O)NCC(=O)NCc1ccc(-c2noc(C(F)(F)F)n2)s1. The highest BCUT2D eigenvalue weighted by Crippen LogP contribution is 2.31. The highest BCUT2D eigenvalue weighted by atomic mass is 32.1. The fourth-order valence-corrected chi connectivity index (χ4v) is 2.36. The molecule has 2 rings (SSSR count). The number of aromatic nitrogens is 2. The second-order valence-corrected chi connectivity index (χ2v) is 5.54. The Morgan fingerprint density at radius 1 is 1.30 bits per heavy atom. The van der Waals surface area contributed by atoms with Crippen LogP contribution in [0.2, 0.25) is 0 Å². The van der Waals surface area contributed by atoms with E-state index in [1.807, 2.05) is 0 Å². The van der Waals surface area contributed by atoms with Crippen LogP contribution in [0.25, 0.3) is 10.7 Å². The fraction of sp³-hybridized carbons (Fsp3) is 0.333. The van der Waals surface area contributed by atoms with Crippen molar-refractivity contribution >= 4 is 23.2 Å². The van der Waals surface area contributed by atoms with Gasteiger partial charge in [-0.1, -0.05) is 5.16 Å². The largest absolute Gasteiger partial charge is 0.471 e. The molecule has 0 radical (unpaired) electrons. The second-order valence-electron chi connectivity index (χ2n) is 4.37. The lowest BCUT2D eigenvalue weighted by atomic mass is 10.4. The van der Waals surface area contributed by atoms with E-state index in [2.05, 4.69) is 25.3 Å². The van der Waals surface area contributed by atoms with Gasteiger partial charge in [0.15, 0.2) is 0 Å².